The highest BCUT2D eigenvalue weighted by Gasteiger charge is 2.41. The van der Waals surface area contributed by atoms with E-state index in [1.165, 1.54) is 0 Å². The molecular weight excluding hydrogens is 141 g/mol. The summed E-state index contributed by atoms with van der Waals surface area (Å²) in [6, 6.07) is 0. The molecule has 0 N–H and O–H groups in total. The minimum atomic E-state index is -1.93. The molecule has 0 saturated heterocycles. The zero-order valence-corrected chi connectivity index (χ0v) is 5.91. The number of hydrogen-bond acceptors (Lipinski definition) is 0. The van der Waals surface area contributed by atoms with Gasteiger partial charge in [0.15, 0.2) is 0 Å². The van der Waals surface area contributed by atoms with Crippen LogP contribution in [-0.4, -0.2) is 18.0 Å². The van der Waals surface area contributed by atoms with E-state index in [1.54, 1.807) is 0 Å². The van der Waals surface area contributed by atoms with Crippen molar-refractivity contribution in [3.63, 3.8) is 0 Å². The summed E-state index contributed by atoms with van der Waals surface area (Å²) in [5.74, 6) is 0. The first-order valence-electron chi connectivity index (χ1n) is 3.49. The molecule has 60 valence electrons. The number of hydrogen-bond donors (Lipinski definition) is 0. The van der Waals surface area contributed by atoms with Crippen LogP contribution in [0.4, 0.5) is 13.2 Å². The van der Waals surface area contributed by atoms with Crippen LogP contribution in [0.25, 0.3) is 0 Å². The van der Waals surface area contributed by atoms with Gasteiger partial charge in [-0.25, -0.2) is 13.2 Å². The second kappa shape index (κ2) is 2.44. The largest absolute Gasteiger partial charge is 0.247 e. The fraction of sp³-hybridized carbons (Fsp3) is 1.00. The quantitative estimate of drug-likeness (QED) is 0.500. The summed E-state index contributed by atoms with van der Waals surface area (Å²) in [6.07, 6.45) is -2.72. The first-order chi connectivity index (χ1) is 4.52. The highest BCUT2D eigenvalue weighted by atomic mass is 19.2. The predicted octanol–water partition coefficient (Wildman–Crippen LogP) is 2.57. The van der Waals surface area contributed by atoms with Crippen LogP contribution < -0.4 is 0 Å². The van der Waals surface area contributed by atoms with Crippen molar-refractivity contribution >= 4 is 0 Å². The third-order valence-corrected chi connectivity index (χ3v) is 2.01. The lowest BCUT2D eigenvalue weighted by molar-refractivity contribution is -0.00394. The molecule has 3 atom stereocenters. The Hall–Kier alpha value is -0.210. The molecule has 0 bridgehead atoms. The second-order valence-corrected chi connectivity index (χ2v) is 3.12. The average Bonchev–Trinajstić information content (AvgIpc) is 1.78. The molecule has 3 unspecified atom stereocenters. The van der Waals surface area contributed by atoms with Crippen LogP contribution in [0.1, 0.15) is 26.2 Å². The lowest BCUT2D eigenvalue weighted by atomic mass is 9.85. The van der Waals surface area contributed by atoms with Gasteiger partial charge in [-0.05, 0) is 19.8 Å². The molecule has 0 aliphatic heterocycles. The van der Waals surface area contributed by atoms with E-state index < -0.39 is 18.0 Å². The Morgan fingerprint density at radius 3 is 2.30 bits per heavy atom. The summed E-state index contributed by atoms with van der Waals surface area (Å²) in [5, 5.41) is 0. The minimum absolute atomic E-state index is 0.0220. The zero-order chi connectivity index (χ0) is 7.78. The van der Waals surface area contributed by atoms with E-state index in [2.05, 4.69) is 0 Å². The molecule has 0 radical (unpaired) electrons. The Kier molecular flexibility index (Phi) is 1.92. The molecule has 1 fully saturated rings. The molecule has 0 aromatic heterocycles. The number of rotatable bonds is 0. The fourth-order valence-electron chi connectivity index (χ4n) is 1.29. The van der Waals surface area contributed by atoms with Crippen molar-refractivity contribution in [1.82, 2.24) is 0 Å². The van der Waals surface area contributed by atoms with Crippen molar-refractivity contribution in [2.24, 2.45) is 0 Å². The summed E-state index contributed by atoms with van der Waals surface area (Å²) in [4.78, 5) is 0. The van der Waals surface area contributed by atoms with Crippen molar-refractivity contribution in [3.8, 4) is 0 Å². The third-order valence-electron chi connectivity index (χ3n) is 2.01. The zero-order valence-electron chi connectivity index (χ0n) is 5.91. The van der Waals surface area contributed by atoms with Gasteiger partial charge < -0.3 is 0 Å². The molecule has 0 aromatic rings. The molecule has 0 spiro atoms. The van der Waals surface area contributed by atoms with Crippen molar-refractivity contribution < 1.29 is 13.2 Å². The first-order valence-corrected chi connectivity index (χ1v) is 3.49. The van der Waals surface area contributed by atoms with Gasteiger partial charge in [-0.15, -0.1) is 0 Å². The van der Waals surface area contributed by atoms with E-state index in [9.17, 15) is 13.2 Å². The Labute approximate surface area is 58.4 Å². The van der Waals surface area contributed by atoms with E-state index in [0.717, 1.165) is 6.92 Å². The number of alkyl halides is 3. The normalized spacial score (nSPS) is 49.2. The lowest BCUT2D eigenvalue weighted by Crippen LogP contribution is -2.39. The van der Waals surface area contributed by atoms with Crippen molar-refractivity contribution in [3.05, 3.63) is 0 Å². The molecule has 0 nitrogen and oxygen atoms in total. The maximum atomic E-state index is 12.9. The van der Waals surface area contributed by atoms with E-state index >= 15 is 0 Å². The topological polar surface area (TPSA) is 0 Å². The van der Waals surface area contributed by atoms with Crippen LogP contribution >= 0.6 is 0 Å². The van der Waals surface area contributed by atoms with Gasteiger partial charge in [-0.3, -0.25) is 0 Å². The minimum Gasteiger partial charge on any atom is -0.247 e. The molecule has 10 heavy (non-hydrogen) atoms. The molecule has 0 heterocycles. The maximum absolute atomic E-state index is 12.9. The van der Waals surface area contributed by atoms with Crippen LogP contribution in [0.2, 0.25) is 0 Å². The third kappa shape index (κ3) is 1.44. The SMILES string of the molecule is CC1(F)CC(F)CCC1F. The van der Waals surface area contributed by atoms with Crippen molar-refractivity contribution in [2.75, 3.05) is 0 Å². The highest BCUT2D eigenvalue weighted by Crippen LogP contribution is 2.35. The van der Waals surface area contributed by atoms with E-state index in [-0.39, 0.29) is 19.3 Å². The Balaban J connectivity index is 2.55. The maximum Gasteiger partial charge on any atom is 0.142 e. The van der Waals surface area contributed by atoms with E-state index in [1.807, 2.05) is 0 Å². The molecule has 1 rings (SSSR count). The van der Waals surface area contributed by atoms with Crippen LogP contribution in [-0.2, 0) is 0 Å². The molecule has 0 aromatic carbocycles. The summed E-state index contributed by atoms with van der Waals surface area (Å²) >= 11 is 0. The summed E-state index contributed by atoms with van der Waals surface area (Å²) in [6.45, 7) is 1.13. The molecule has 1 aliphatic carbocycles. The summed E-state index contributed by atoms with van der Waals surface area (Å²) in [5.41, 5.74) is -1.93. The summed E-state index contributed by atoms with van der Waals surface area (Å²) in [7, 11) is 0. The fourth-order valence-corrected chi connectivity index (χ4v) is 1.29. The molecule has 3 heteroatoms. The Morgan fingerprint density at radius 1 is 1.30 bits per heavy atom. The highest BCUT2D eigenvalue weighted by molar-refractivity contribution is 4.90. The van der Waals surface area contributed by atoms with Gasteiger partial charge in [0.05, 0.1) is 0 Å². The molecule has 0 amide bonds. The predicted molar refractivity (Wildman–Crippen MR) is 33.2 cm³/mol. The Morgan fingerprint density at radius 2 is 1.90 bits per heavy atom. The second-order valence-electron chi connectivity index (χ2n) is 3.12. The summed E-state index contributed by atoms with van der Waals surface area (Å²) < 4.78 is 37.9. The standard InChI is InChI=1S/C7H11F3/c1-7(10)4-5(8)2-3-6(7)9/h5-6H,2-4H2,1H3. The van der Waals surface area contributed by atoms with E-state index in [4.69, 9.17) is 0 Å². The Bertz CT molecular complexity index is 122. The van der Waals surface area contributed by atoms with Crippen LogP contribution in [0, 0.1) is 0 Å². The van der Waals surface area contributed by atoms with Gasteiger partial charge in [0.1, 0.15) is 18.0 Å². The molecule has 1 aliphatic rings. The molecular formula is C7H11F3. The van der Waals surface area contributed by atoms with Crippen molar-refractivity contribution in [1.29, 1.82) is 0 Å². The smallest absolute Gasteiger partial charge is 0.142 e. The average molecular weight is 152 g/mol. The van der Waals surface area contributed by atoms with Gasteiger partial charge >= 0.3 is 0 Å². The van der Waals surface area contributed by atoms with E-state index in [0.29, 0.717) is 0 Å². The van der Waals surface area contributed by atoms with Crippen LogP contribution in [0.15, 0.2) is 0 Å². The van der Waals surface area contributed by atoms with Gasteiger partial charge in [0.25, 0.3) is 0 Å². The molecule has 1 saturated carbocycles. The van der Waals surface area contributed by atoms with Gasteiger partial charge in [0, 0.05) is 6.42 Å². The van der Waals surface area contributed by atoms with Crippen LogP contribution in [0.5, 0.6) is 0 Å². The van der Waals surface area contributed by atoms with Crippen LogP contribution in [0.3, 0.4) is 0 Å². The van der Waals surface area contributed by atoms with Crippen molar-refractivity contribution in [2.45, 2.75) is 44.2 Å². The number of halogens is 3. The van der Waals surface area contributed by atoms with Gasteiger partial charge in [-0.1, -0.05) is 0 Å². The monoisotopic (exact) mass is 152 g/mol. The van der Waals surface area contributed by atoms with Gasteiger partial charge in [-0.2, -0.15) is 0 Å². The lowest BCUT2D eigenvalue weighted by Gasteiger charge is -2.31. The van der Waals surface area contributed by atoms with Gasteiger partial charge in [0.2, 0.25) is 0 Å². The first kappa shape index (κ1) is 7.89.